The van der Waals surface area contributed by atoms with Crippen LogP contribution in [0.2, 0.25) is 0 Å². The van der Waals surface area contributed by atoms with Gasteiger partial charge in [-0.2, -0.15) is 0 Å². The smallest absolute Gasteiger partial charge is 0.251 e. The van der Waals surface area contributed by atoms with Crippen LogP contribution in [0.3, 0.4) is 0 Å². The molecule has 6 nitrogen and oxygen atoms in total. The highest BCUT2D eigenvalue weighted by molar-refractivity contribution is 7.18. The van der Waals surface area contributed by atoms with Crippen molar-refractivity contribution in [3.05, 3.63) is 47.5 Å². The van der Waals surface area contributed by atoms with Crippen molar-refractivity contribution in [2.45, 2.75) is 38.1 Å². The first-order valence-corrected chi connectivity index (χ1v) is 10.2. The largest absolute Gasteiger partial charge is 0.448 e. The maximum atomic E-state index is 12.2. The summed E-state index contributed by atoms with van der Waals surface area (Å²) in [6.07, 6.45) is 4.04. The number of nitrogens with one attached hydrogen (secondary N) is 1. The molecule has 1 saturated carbocycles. The lowest BCUT2D eigenvalue weighted by Crippen LogP contribution is -2.34. The molecule has 3 aromatic rings. The van der Waals surface area contributed by atoms with E-state index in [1.807, 2.05) is 42.5 Å². The molecule has 1 fully saturated rings. The number of rotatable bonds is 5. The minimum atomic E-state index is -0.495. The van der Waals surface area contributed by atoms with Gasteiger partial charge in [-0.25, -0.2) is 4.98 Å². The minimum Gasteiger partial charge on any atom is -0.448 e. The number of anilines is 1. The van der Waals surface area contributed by atoms with Gasteiger partial charge < -0.3 is 19.5 Å². The van der Waals surface area contributed by atoms with Gasteiger partial charge >= 0.3 is 0 Å². The Balaban J connectivity index is 1.15. The van der Waals surface area contributed by atoms with Crippen molar-refractivity contribution in [1.29, 1.82) is 0 Å². The predicted octanol–water partition coefficient (Wildman–Crippen LogP) is 4.49. The maximum Gasteiger partial charge on any atom is 0.251 e. The Kier molecular flexibility index (Phi) is 4.41. The molecular formula is C21H20N2O4S. The standard InChI is InChI=1S/C21H20N2O4S/c24-19(12-25-13-20-23-15-5-1-2-6-18(15)28-20)22-14-7-8-16-17(11-14)27-21(26-16)9-3-4-10-21/h1-2,5-8,11H,3-4,9-10,12-13H2,(H,22,24). The summed E-state index contributed by atoms with van der Waals surface area (Å²) in [5.74, 6) is 0.725. The molecule has 1 aliphatic heterocycles. The van der Waals surface area contributed by atoms with Crippen molar-refractivity contribution >= 4 is 33.1 Å². The first-order valence-electron chi connectivity index (χ1n) is 9.43. The molecule has 0 saturated heterocycles. The monoisotopic (exact) mass is 396 g/mol. The van der Waals surface area contributed by atoms with E-state index in [4.69, 9.17) is 14.2 Å². The van der Waals surface area contributed by atoms with Crippen LogP contribution in [0.15, 0.2) is 42.5 Å². The van der Waals surface area contributed by atoms with Crippen molar-refractivity contribution in [1.82, 2.24) is 4.98 Å². The maximum absolute atomic E-state index is 12.2. The van der Waals surface area contributed by atoms with Crippen molar-refractivity contribution < 1.29 is 19.0 Å². The number of ether oxygens (including phenoxy) is 3. The van der Waals surface area contributed by atoms with Crippen molar-refractivity contribution in [3.8, 4) is 11.5 Å². The van der Waals surface area contributed by atoms with E-state index in [0.29, 0.717) is 18.0 Å². The van der Waals surface area contributed by atoms with Crippen LogP contribution in [0.4, 0.5) is 5.69 Å². The molecule has 5 rings (SSSR count). The van der Waals surface area contributed by atoms with E-state index < -0.39 is 5.79 Å². The van der Waals surface area contributed by atoms with E-state index in [0.717, 1.165) is 46.7 Å². The van der Waals surface area contributed by atoms with Gasteiger partial charge in [0.25, 0.3) is 5.79 Å². The van der Waals surface area contributed by atoms with E-state index in [2.05, 4.69) is 10.3 Å². The van der Waals surface area contributed by atoms with E-state index >= 15 is 0 Å². The van der Waals surface area contributed by atoms with Crippen LogP contribution in [0, 0.1) is 0 Å². The van der Waals surface area contributed by atoms with Crippen LogP contribution in [0.25, 0.3) is 10.2 Å². The molecule has 144 valence electrons. The zero-order valence-electron chi connectivity index (χ0n) is 15.3. The Bertz CT molecular complexity index is 993. The molecular weight excluding hydrogens is 376 g/mol. The van der Waals surface area contributed by atoms with Gasteiger partial charge in [0.2, 0.25) is 5.91 Å². The van der Waals surface area contributed by atoms with Crippen molar-refractivity contribution in [2.24, 2.45) is 0 Å². The van der Waals surface area contributed by atoms with Crippen LogP contribution in [0.5, 0.6) is 11.5 Å². The number of fused-ring (bicyclic) bond motifs is 2. The summed E-state index contributed by atoms with van der Waals surface area (Å²) >= 11 is 1.58. The molecule has 2 aliphatic rings. The number of hydrogen-bond acceptors (Lipinski definition) is 6. The van der Waals surface area contributed by atoms with Gasteiger partial charge in [-0.15, -0.1) is 11.3 Å². The molecule has 1 spiro atoms. The summed E-state index contributed by atoms with van der Waals surface area (Å²) in [5.41, 5.74) is 1.63. The molecule has 28 heavy (non-hydrogen) atoms. The van der Waals surface area contributed by atoms with Crippen molar-refractivity contribution in [3.63, 3.8) is 0 Å². The quantitative estimate of drug-likeness (QED) is 0.688. The lowest BCUT2D eigenvalue weighted by atomic mass is 10.2. The molecule has 0 radical (unpaired) electrons. The van der Waals surface area contributed by atoms with Crippen LogP contribution in [-0.4, -0.2) is 23.3 Å². The minimum absolute atomic E-state index is 0.0334. The molecule has 1 aromatic heterocycles. The zero-order valence-corrected chi connectivity index (χ0v) is 16.1. The SMILES string of the molecule is O=C(COCc1nc2ccccc2s1)Nc1ccc2c(c1)OC1(CCCC1)O2. The summed E-state index contributed by atoms with van der Waals surface area (Å²) in [7, 11) is 0. The number of benzene rings is 2. The number of para-hydroxylation sites is 1. The number of aromatic nitrogens is 1. The number of amides is 1. The second kappa shape index (κ2) is 7.07. The molecule has 2 aromatic carbocycles. The summed E-state index contributed by atoms with van der Waals surface area (Å²) in [4.78, 5) is 16.7. The number of thiazole rings is 1. The highest BCUT2D eigenvalue weighted by Gasteiger charge is 2.44. The third-order valence-electron chi connectivity index (χ3n) is 4.98. The highest BCUT2D eigenvalue weighted by atomic mass is 32.1. The Morgan fingerprint density at radius 2 is 1.96 bits per heavy atom. The fraction of sp³-hybridized carbons (Fsp3) is 0.333. The first kappa shape index (κ1) is 17.5. The molecule has 2 heterocycles. The molecule has 1 amide bonds. The summed E-state index contributed by atoms with van der Waals surface area (Å²) in [6, 6.07) is 13.4. The fourth-order valence-corrected chi connectivity index (χ4v) is 4.60. The van der Waals surface area contributed by atoms with Gasteiger partial charge in [0.05, 0.1) is 16.8 Å². The topological polar surface area (TPSA) is 69.7 Å². The molecule has 1 aliphatic carbocycles. The second-order valence-corrected chi connectivity index (χ2v) is 8.21. The summed E-state index contributed by atoms with van der Waals surface area (Å²) in [5, 5.41) is 3.71. The Hall–Kier alpha value is -2.64. The molecule has 0 atom stereocenters. The zero-order chi connectivity index (χ0) is 19.0. The van der Waals surface area contributed by atoms with Crippen LogP contribution < -0.4 is 14.8 Å². The summed E-state index contributed by atoms with van der Waals surface area (Å²) in [6.45, 7) is 0.282. The first-order chi connectivity index (χ1) is 13.7. The molecule has 0 unspecified atom stereocenters. The fourth-order valence-electron chi connectivity index (χ4n) is 3.70. The number of carbonyl (C=O) groups excluding carboxylic acids is 1. The van der Waals surface area contributed by atoms with Gasteiger partial charge in [-0.05, 0) is 37.1 Å². The lowest BCUT2D eigenvalue weighted by Gasteiger charge is -2.21. The van der Waals surface area contributed by atoms with Gasteiger partial charge in [0.1, 0.15) is 11.6 Å². The van der Waals surface area contributed by atoms with Gasteiger partial charge in [0.15, 0.2) is 11.5 Å². The number of nitrogens with zero attached hydrogens (tertiary/aromatic N) is 1. The number of hydrogen-bond donors (Lipinski definition) is 1. The van der Waals surface area contributed by atoms with E-state index in [-0.39, 0.29) is 12.5 Å². The van der Waals surface area contributed by atoms with E-state index in [1.165, 1.54) is 0 Å². The van der Waals surface area contributed by atoms with Crippen molar-refractivity contribution in [2.75, 3.05) is 11.9 Å². The Labute approximate surface area is 166 Å². The van der Waals surface area contributed by atoms with Gasteiger partial charge in [-0.1, -0.05) is 12.1 Å². The van der Waals surface area contributed by atoms with E-state index in [1.54, 1.807) is 11.3 Å². The van der Waals surface area contributed by atoms with Crippen LogP contribution in [-0.2, 0) is 16.1 Å². The summed E-state index contributed by atoms with van der Waals surface area (Å²) < 4.78 is 18.7. The third-order valence-corrected chi connectivity index (χ3v) is 5.99. The highest BCUT2D eigenvalue weighted by Crippen LogP contribution is 2.47. The number of carbonyl (C=O) groups is 1. The Morgan fingerprint density at radius 1 is 1.14 bits per heavy atom. The lowest BCUT2D eigenvalue weighted by molar-refractivity contribution is -0.121. The van der Waals surface area contributed by atoms with Gasteiger partial charge in [-0.3, -0.25) is 4.79 Å². The Morgan fingerprint density at radius 3 is 2.82 bits per heavy atom. The predicted molar refractivity (Wildman–Crippen MR) is 107 cm³/mol. The molecule has 0 bridgehead atoms. The van der Waals surface area contributed by atoms with Crippen LogP contribution in [0.1, 0.15) is 30.7 Å². The third kappa shape index (κ3) is 3.43. The molecule has 1 N–H and O–H groups in total. The molecule has 7 heteroatoms. The van der Waals surface area contributed by atoms with E-state index in [9.17, 15) is 4.79 Å². The van der Waals surface area contributed by atoms with Crippen LogP contribution >= 0.6 is 11.3 Å². The average molecular weight is 396 g/mol. The normalized spacial score (nSPS) is 16.7. The van der Waals surface area contributed by atoms with Gasteiger partial charge in [0, 0.05) is 24.6 Å². The average Bonchev–Trinajstić information content (AvgIpc) is 3.39. The second-order valence-electron chi connectivity index (χ2n) is 7.10.